The van der Waals surface area contributed by atoms with E-state index in [1.54, 1.807) is 0 Å². The summed E-state index contributed by atoms with van der Waals surface area (Å²) in [5.41, 5.74) is 0. The van der Waals surface area contributed by atoms with Gasteiger partial charge in [0.2, 0.25) is 0 Å². The van der Waals surface area contributed by atoms with E-state index in [1.165, 1.54) is 0 Å². The maximum Gasteiger partial charge on any atom is 0.187 e. The molecule has 27 valence electrons. The Bertz CT molecular complexity index is 24.8. The van der Waals surface area contributed by atoms with E-state index in [9.17, 15) is 0 Å². The smallest absolute Gasteiger partial charge is 0.187 e. The average Bonchev–Trinajstić information content (AvgIpc) is 1.37. The summed E-state index contributed by atoms with van der Waals surface area (Å²) in [5.74, 6) is 4.39. The third-order valence-corrected chi connectivity index (χ3v) is 0.155. The minimum atomic E-state index is -0.0988. The molecule has 3 nitrogen and oxygen atoms in total. The maximum absolute atomic E-state index is 7.56. The van der Waals surface area contributed by atoms with E-state index in [-0.39, 0.29) is 26.0 Å². The summed E-state index contributed by atoms with van der Waals surface area (Å²) in [6.45, 7) is 0. The molecule has 3 N–H and O–H groups in total. The van der Waals surface area contributed by atoms with Gasteiger partial charge in [0, 0.05) is 17.4 Å². The molecule has 0 aromatic carbocycles. The zero-order chi connectivity index (χ0) is 3.41. The van der Waals surface area contributed by atoms with Crippen molar-refractivity contribution in [2.24, 2.45) is 10.7 Å². The first-order valence-corrected chi connectivity index (χ1v) is 1.46. The summed E-state index contributed by atoms with van der Waals surface area (Å²) in [7, 11) is -0.0988. The van der Waals surface area contributed by atoms with Crippen molar-refractivity contribution in [2.45, 2.75) is 0 Å². The van der Waals surface area contributed by atoms with Gasteiger partial charge in [-0.15, -0.1) is 0 Å². The molecular formula is H3AlN2OP. The molecule has 0 saturated heterocycles. The molecule has 0 atom stereocenters. The van der Waals surface area contributed by atoms with Gasteiger partial charge in [-0.25, -0.2) is 5.84 Å². The van der Waals surface area contributed by atoms with Crippen molar-refractivity contribution in [2.75, 3.05) is 0 Å². The molecule has 0 aromatic heterocycles. The van der Waals surface area contributed by atoms with Crippen molar-refractivity contribution < 1.29 is 4.89 Å². The van der Waals surface area contributed by atoms with Crippen LogP contribution < -0.4 is 5.84 Å². The lowest BCUT2D eigenvalue weighted by molar-refractivity contribution is 0.653. The SMILES string of the molecule is NN=PO.[Al]. The van der Waals surface area contributed by atoms with Gasteiger partial charge in [0.1, 0.15) is 0 Å². The predicted octanol–water partition coefficient (Wildman–Crippen LogP) is -0.484. The van der Waals surface area contributed by atoms with Crippen molar-refractivity contribution in [1.82, 2.24) is 0 Å². The van der Waals surface area contributed by atoms with E-state index >= 15 is 0 Å². The molecule has 0 aliphatic carbocycles. The van der Waals surface area contributed by atoms with E-state index in [0.717, 1.165) is 0 Å². The monoisotopic (exact) mass is 105 g/mol. The molecular weight excluding hydrogens is 102 g/mol. The molecule has 0 aromatic rings. The standard InChI is InChI=1S/Al.H3N2OP/c;1-2-4-3/h;1H2,(H,2,3). The Balaban J connectivity index is 0. The van der Waals surface area contributed by atoms with Crippen molar-refractivity contribution in [1.29, 1.82) is 0 Å². The van der Waals surface area contributed by atoms with Gasteiger partial charge in [-0.2, -0.15) is 4.85 Å². The minimum absolute atomic E-state index is 0. The Morgan fingerprint density at radius 2 is 2.00 bits per heavy atom. The fraction of sp³-hybridized carbons (Fsp3) is 0. The topological polar surface area (TPSA) is 58.6 Å². The molecule has 0 bridgehead atoms. The summed E-state index contributed by atoms with van der Waals surface area (Å²) >= 11 is 0. The minimum Gasteiger partial charge on any atom is -0.326 e. The molecule has 0 amide bonds. The number of hydrogen-bond acceptors (Lipinski definition) is 1. The van der Waals surface area contributed by atoms with Crippen LogP contribution in [0.1, 0.15) is 0 Å². The normalized spacial score (nSPS) is 7.60. The Labute approximate surface area is 42.3 Å². The second kappa shape index (κ2) is 8.82. The van der Waals surface area contributed by atoms with Gasteiger partial charge in [-0.1, -0.05) is 0 Å². The van der Waals surface area contributed by atoms with Crippen LogP contribution in [0.15, 0.2) is 4.85 Å². The van der Waals surface area contributed by atoms with E-state index in [4.69, 9.17) is 4.89 Å². The Morgan fingerprint density at radius 3 is 2.00 bits per heavy atom. The number of nitrogens with zero attached hydrogens (tertiary/aromatic N) is 1. The van der Waals surface area contributed by atoms with Gasteiger partial charge in [0.05, 0.1) is 0 Å². The molecule has 5 heteroatoms. The first kappa shape index (κ1) is 9.12. The molecule has 0 fully saturated rings. The van der Waals surface area contributed by atoms with Crippen LogP contribution >= 0.6 is 8.60 Å². The molecule has 0 saturated carbocycles. The summed E-state index contributed by atoms with van der Waals surface area (Å²) in [5, 5.41) is 0. The van der Waals surface area contributed by atoms with Gasteiger partial charge in [-0.05, 0) is 0 Å². The van der Waals surface area contributed by atoms with Crippen LogP contribution in [0, 0.1) is 0 Å². The zero-order valence-electron chi connectivity index (χ0n) is 2.50. The predicted molar refractivity (Wildman–Crippen MR) is 21.5 cm³/mol. The molecule has 0 aliphatic heterocycles. The molecule has 0 aliphatic rings. The fourth-order valence-electron chi connectivity index (χ4n) is 0. The van der Waals surface area contributed by atoms with Crippen molar-refractivity contribution in [3.8, 4) is 0 Å². The number of nitrogens with two attached hydrogens (primary N) is 1. The average molecular weight is 105 g/mol. The highest BCUT2D eigenvalue weighted by molar-refractivity contribution is 7.19. The quantitative estimate of drug-likeness (QED) is 0.189. The number of rotatable bonds is 0. The summed E-state index contributed by atoms with van der Waals surface area (Å²) in [4.78, 5) is 10.3. The van der Waals surface area contributed by atoms with Crippen LogP contribution in [-0.2, 0) is 0 Å². The van der Waals surface area contributed by atoms with E-state index < -0.39 is 0 Å². The van der Waals surface area contributed by atoms with E-state index in [1.807, 2.05) is 0 Å². The van der Waals surface area contributed by atoms with Crippen LogP contribution in [0.5, 0.6) is 0 Å². The van der Waals surface area contributed by atoms with Crippen LogP contribution in [0.3, 0.4) is 0 Å². The highest BCUT2D eigenvalue weighted by Gasteiger charge is 1.35. The summed E-state index contributed by atoms with van der Waals surface area (Å²) in [6, 6.07) is 0. The summed E-state index contributed by atoms with van der Waals surface area (Å²) in [6.07, 6.45) is 0. The molecule has 5 heavy (non-hydrogen) atoms. The van der Waals surface area contributed by atoms with Crippen molar-refractivity contribution in [3.05, 3.63) is 0 Å². The maximum atomic E-state index is 7.56. The third-order valence-electron chi connectivity index (χ3n) is 0.0516. The zero-order valence-corrected chi connectivity index (χ0v) is 4.55. The van der Waals surface area contributed by atoms with Gasteiger partial charge in [-0.3, -0.25) is 0 Å². The number of hydrogen-bond donors (Lipinski definition) is 2. The van der Waals surface area contributed by atoms with Crippen LogP contribution in [-0.4, -0.2) is 22.3 Å². The van der Waals surface area contributed by atoms with Crippen LogP contribution in [0.25, 0.3) is 0 Å². The van der Waals surface area contributed by atoms with Crippen LogP contribution in [0.2, 0.25) is 0 Å². The lowest BCUT2D eigenvalue weighted by atomic mass is 13.0. The highest BCUT2D eigenvalue weighted by Crippen LogP contribution is 1.76. The molecule has 0 unspecified atom stereocenters. The van der Waals surface area contributed by atoms with E-state index in [0.29, 0.717) is 0 Å². The second-order valence-electron chi connectivity index (χ2n) is 0.205. The van der Waals surface area contributed by atoms with Crippen molar-refractivity contribution in [3.63, 3.8) is 0 Å². The molecule has 0 spiro atoms. The van der Waals surface area contributed by atoms with Crippen molar-refractivity contribution >= 4 is 26.0 Å². The fourth-order valence-corrected chi connectivity index (χ4v) is 0. The van der Waals surface area contributed by atoms with Crippen LogP contribution in [0.4, 0.5) is 0 Å². The molecule has 0 heterocycles. The van der Waals surface area contributed by atoms with Gasteiger partial charge in [0.25, 0.3) is 0 Å². The molecule has 3 radical (unpaired) electrons. The van der Waals surface area contributed by atoms with Gasteiger partial charge < -0.3 is 4.89 Å². The Morgan fingerprint density at radius 1 is 1.80 bits per heavy atom. The lowest BCUT2D eigenvalue weighted by Crippen LogP contribution is -1.66. The lowest BCUT2D eigenvalue weighted by Gasteiger charge is -1.51. The molecule has 0 rings (SSSR count). The highest BCUT2D eigenvalue weighted by atomic mass is 31.1. The van der Waals surface area contributed by atoms with Gasteiger partial charge >= 0.3 is 0 Å². The first-order valence-electron chi connectivity index (χ1n) is 0.658. The summed E-state index contributed by atoms with van der Waals surface area (Å²) < 4.78 is 0. The largest absolute Gasteiger partial charge is 0.326 e. The Kier molecular flexibility index (Phi) is 16.1. The van der Waals surface area contributed by atoms with E-state index in [2.05, 4.69) is 10.7 Å². The second-order valence-corrected chi connectivity index (χ2v) is 0.615. The Hall–Kier alpha value is 0.552. The third kappa shape index (κ3) is 12.3. The first-order chi connectivity index (χ1) is 1.91. The van der Waals surface area contributed by atoms with Gasteiger partial charge in [0.15, 0.2) is 8.60 Å².